The largest absolute Gasteiger partial charge is 0.591 e. The Morgan fingerprint density at radius 2 is 1.90 bits per heavy atom. The van der Waals surface area contributed by atoms with Crippen molar-refractivity contribution >= 4 is 29.2 Å². The van der Waals surface area contributed by atoms with Crippen LogP contribution in [0.25, 0.3) is 0 Å². The van der Waals surface area contributed by atoms with Gasteiger partial charge in [-0.1, -0.05) is 22.1 Å². The third-order valence-electron chi connectivity index (χ3n) is 2.04. The highest BCUT2D eigenvalue weighted by molar-refractivity contribution is 7.91. The van der Waals surface area contributed by atoms with Crippen LogP contribution in [0.4, 0.5) is 13.2 Å². The summed E-state index contributed by atoms with van der Waals surface area (Å²) >= 11 is 4.21. The summed E-state index contributed by atoms with van der Waals surface area (Å²) in [5.41, 5.74) is -0.0657. The molecule has 0 radical (unpaired) electrons. The number of halogens is 4. The maximum Gasteiger partial charge on any atom is 0.573 e. The second kappa shape index (κ2) is 6.24. The van der Waals surface area contributed by atoms with Crippen LogP contribution in [0, 0.1) is 0 Å². The molecule has 0 saturated carbocycles. The van der Waals surface area contributed by atoms with Crippen LogP contribution in [0.3, 0.4) is 0 Å². The first kappa shape index (κ1) is 17.1. The van der Waals surface area contributed by atoms with Crippen molar-refractivity contribution in [3.05, 3.63) is 28.8 Å². The summed E-state index contributed by atoms with van der Waals surface area (Å²) in [6.45, 7) is 5.08. The van der Waals surface area contributed by atoms with Gasteiger partial charge in [-0.3, -0.25) is 0 Å². The average molecular weight is 328 g/mol. The predicted molar refractivity (Wildman–Crippen MR) is 73.6 cm³/mol. The molecule has 0 amide bonds. The van der Waals surface area contributed by atoms with E-state index < -0.39 is 28.2 Å². The fourth-order valence-electron chi connectivity index (χ4n) is 1.11. The summed E-state index contributed by atoms with van der Waals surface area (Å²) < 4.78 is 55.5. The van der Waals surface area contributed by atoms with Crippen LogP contribution >= 0.6 is 11.6 Å². The molecule has 0 spiro atoms. The molecule has 0 fully saturated rings. The van der Waals surface area contributed by atoms with E-state index in [1.54, 1.807) is 20.8 Å². The van der Waals surface area contributed by atoms with Gasteiger partial charge in [-0.05, 0) is 32.9 Å². The predicted octanol–water partition coefficient (Wildman–Crippen LogP) is 4.12. The zero-order valence-electron chi connectivity index (χ0n) is 11.0. The van der Waals surface area contributed by atoms with E-state index in [9.17, 15) is 17.7 Å². The van der Waals surface area contributed by atoms with Crippen LogP contribution < -0.4 is 4.74 Å². The van der Waals surface area contributed by atoms with Crippen molar-refractivity contribution in [3.63, 3.8) is 0 Å². The van der Waals surface area contributed by atoms with E-state index >= 15 is 0 Å². The summed E-state index contributed by atoms with van der Waals surface area (Å²) in [5.74, 6) is -0.486. The third kappa shape index (κ3) is 5.22. The van der Waals surface area contributed by atoms with Crippen molar-refractivity contribution in [3.8, 4) is 5.75 Å². The normalized spacial score (nSPS) is 14.6. The van der Waals surface area contributed by atoms with Crippen molar-refractivity contribution in [2.24, 2.45) is 4.40 Å². The number of nitrogens with zero attached hydrogens (tertiary/aromatic N) is 1. The van der Waals surface area contributed by atoms with Gasteiger partial charge in [-0.15, -0.1) is 13.2 Å². The van der Waals surface area contributed by atoms with E-state index in [4.69, 9.17) is 11.6 Å². The van der Waals surface area contributed by atoms with E-state index in [0.717, 1.165) is 12.3 Å². The molecule has 0 aliphatic heterocycles. The van der Waals surface area contributed by atoms with Crippen LogP contribution in [-0.2, 0) is 11.4 Å². The minimum absolute atomic E-state index is 0.0291. The first-order chi connectivity index (χ1) is 9.00. The Balaban J connectivity index is 3.08. The summed E-state index contributed by atoms with van der Waals surface area (Å²) in [6.07, 6.45) is -3.80. The fourth-order valence-corrected chi connectivity index (χ4v) is 1.85. The van der Waals surface area contributed by atoms with Gasteiger partial charge >= 0.3 is 6.36 Å². The number of benzene rings is 1. The lowest BCUT2D eigenvalue weighted by atomic mass is 10.2. The van der Waals surface area contributed by atoms with Gasteiger partial charge in [-0.2, -0.15) is 0 Å². The zero-order chi connectivity index (χ0) is 15.6. The molecule has 0 aliphatic rings. The van der Waals surface area contributed by atoms with Crippen LogP contribution in [0.2, 0.25) is 5.02 Å². The van der Waals surface area contributed by atoms with Crippen LogP contribution in [0.1, 0.15) is 26.3 Å². The number of alkyl halides is 3. The molecular formula is C12H13ClF3NO2S. The van der Waals surface area contributed by atoms with Gasteiger partial charge in [0.1, 0.15) is 21.9 Å². The molecule has 1 aromatic rings. The summed E-state index contributed by atoms with van der Waals surface area (Å²) in [4.78, 5) is 0. The standard InChI is InChI=1S/C12H13ClF3NO2S/c1-11(2,3)20(18)17-7-8-9(13)5-4-6-10(8)19-12(14,15)16/h4-7H,1-3H3/b17-7+/t20-/m0/s1. The lowest BCUT2D eigenvalue weighted by molar-refractivity contribution is -0.274. The zero-order valence-corrected chi connectivity index (χ0v) is 12.6. The molecule has 8 heteroatoms. The molecule has 0 heterocycles. The highest BCUT2D eigenvalue weighted by Crippen LogP contribution is 2.30. The van der Waals surface area contributed by atoms with E-state index in [0.29, 0.717) is 0 Å². The molecule has 20 heavy (non-hydrogen) atoms. The Kier molecular flexibility index (Phi) is 5.34. The van der Waals surface area contributed by atoms with E-state index in [1.807, 2.05) is 0 Å². The lowest BCUT2D eigenvalue weighted by Crippen LogP contribution is -2.26. The lowest BCUT2D eigenvalue weighted by Gasteiger charge is -2.18. The van der Waals surface area contributed by atoms with Crippen LogP contribution in [-0.4, -0.2) is 21.9 Å². The Hall–Kier alpha value is -0.920. The summed E-state index contributed by atoms with van der Waals surface area (Å²) in [5, 5.41) is 0.0291. The SMILES string of the molecule is CC(C)(C)[S@+]([O-])/N=C/c1c(Cl)cccc1OC(F)(F)F. The van der Waals surface area contributed by atoms with Gasteiger partial charge in [0.15, 0.2) is 0 Å². The maximum atomic E-state index is 12.3. The second-order valence-electron chi connectivity index (χ2n) is 4.80. The maximum absolute atomic E-state index is 12.3. The van der Waals surface area contributed by atoms with Gasteiger partial charge < -0.3 is 9.29 Å². The molecular weight excluding hydrogens is 315 g/mol. The summed E-state index contributed by atoms with van der Waals surface area (Å²) in [7, 11) is 0. The van der Waals surface area contributed by atoms with Crippen molar-refractivity contribution in [1.29, 1.82) is 0 Å². The Morgan fingerprint density at radius 3 is 2.40 bits per heavy atom. The van der Waals surface area contributed by atoms with Crippen molar-refractivity contribution < 1.29 is 22.5 Å². The molecule has 0 bridgehead atoms. The smallest absolute Gasteiger partial charge is 0.573 e. The third-order valence-corrected chi connectivity index (χ3v) is 3.71. The molecule has 3 nitrogen and oxygen atoms in total. The van der Waals surface area contributed by atoms with Gasteiger partial charge in [0.05, 0.1) is 16.8 Å². The Bertz CT molecular complexity index is 500. The van der Waals surface area contributed by atoms with Gasteiger partial charge in [0.2, 0.25) is 0 Å². The number of hydrogen-bond acceptors (Lipinski definition) is 3. The molecule has 1 aromatic carbocycles. The monoisotopic (exact) mass is 327 g/mol. The summed E-state index contributed by atoms with van der Waals surface area (Å²) in [6, 6.07) is 3.83. The molecule has 0 unspecified atom stereocenters. The highest BCUT2D eigenvalue weighted by atomic mass is 35.5. The van der Waals surface area contributed by atoms with E-state index in [1.165, 1.54) is 12.1 Å². The minimum atomic E-state index is -4.84. The van der Waals surface area contributed by atoms with E-state index in [-0.39, 0.29) is 10.6 Å². The quantitative estimate of drug-likeness (QED) is 0.619. The minimum Gasteiger partial charge on any atom is -0.591 e. The Labute approximate surface area is 123 Å². The van der Waals surface area contributed by atoms with Crippen molar-refractivity contribution in [2.75, 3.05) is 0 Å². The molecule has 1 atom stereocenters. The second-order valence-corrected chi connectivity index (χ2v) is 7.14. The Morgan fingerprint density at radius 1 is 1.30 bits per heavy atom. The van der Waals surface area contributed by atoms with E-state index in [2.05, 4.69) is 9.13 Å². The van der Waals surface area contributed by atoms with Crippen molar-refractivity contribution in [2.45, 2.75) is 31.9 Å². The number of hydrogen-bond donors (Lipinski definition) is 0. The van der Waals surface area contributed by atoms with Crippen LogP contribution in [0.15, 0.2) is 22.6 Å². The van der Waals surface area contributed by atoms with Gasteiger partial charge in [0.25, 0.3) is 0 Å². The number of rotatable bonds is 3. The first-order valence-corrected chi connectivity index (χ1v) is 6.99. The van der Waals surface area contributed by atoms with Gasteiger partial charge in [0, 0.05) is 0 Å². The molecule has 0 aliphatic carbocycles. The average Bonchev–Trinajstić information content (AvgIpc) is 2.24. The molecule has 112 valence electrons. The molecule has 0 aromatic heterocycles. The first-order valence-electron chi connectivity index (χ1n) is 5.51. The molecule has 0 N–H and O–H groups in total. The topological polar surface area (TPSA) is 44.7 Å². The highest BCUT2D eigenvalue weighted by Gasteiger charge is 2.32. The van der Waals surface area contributed by atoms with Crippen LogP contribution in [0.5, 0.6) is 5.75 Å². The number of ether oxygens (including phenoxy) is 1. The molecule has 0 saturated heterocycles. The van der Waals surface area contributed by atoms with Gasteiger partial charge in [-0.25, -0.2) is 0 Å². The molecule has 1 rings (SSSR count). The van der Waals surface area contributed by atoms with Crippen molar-refractivity contribution in [1.82, 2.24) is 0 Å². The fraction of sp³-hybridized carbons (Fsp3) is 0.417.